The zero-order chi connectivity index (χ0) is 16.6. The van der Waals surface area contributed by atoms with Gasteiger partial charge in [-0.3, -0.25) is 4.79 Å². The number of ether oxygens (including phenoxy) is 2. The van der Waals surface area contributed by atoms with Crippen molar-refractivity contribution in [2.24, 2.45) is 0 Å². The Morgan fingerprint density at radius 1 is 1.13 bits per heavy atom. The first-order chi connectivity index (χ1) is 11.1. The Balaban J connectivity index is 1.97. The molecule has 0 spiro atoms. The lowest BCUT2D eigenvalue weighted by Crippen LogP contribution is -2.45. The van der Waals surface area contributed by atoms with Crippen molar-refractivity contribution in [1.82, 2.24) is 10.2 Å². The largest absolute Gasteiger partial charge is 0.464 e. The van der Waals surface area contributed by atoms with Crippen LogP contribution in [0.25, 0.3) is 0 Å². The third kappa shape index (κ3) is 3.04. The quantitative estimate of drug-likeness (QED) is 0.687. The second-order valence-corrected chi connectivity index (χ2v) is 6.03. The summed E-state index contributed by atoms with van der Waals surface area (Å²) < 4.78 is 10.2. The van der Waals surface area contributed by atoms with Crippen LogP contribution in [0.15, 0.2) is 11.3 Å². The first-order valence-electron chi connectivity index (χ1n) is 8.25. The molecule has 1 amide bonds. The molecule has 0 radical (unpaired) electrons. The minimum atomic E-state index is -0.991. The van der Waals surface area contributed by atoms with Gasteiger partial charge in [0.05, 0.1) is 18.8 Å². The van der Waals surface area contributed by atoms with Gasteiger partial charge in [-0.25, -0.2) is 9.59 Å². The minimum absolute atomic E-state index is 0.000152. The Labute approximate surface area is 135 Å². The smallest absolute Gasteiger partial charge is 0.339 e. The lowest BCUT2D eigenvalue weighted by atomic mass is 10.1. The van der Waals surface area contributed by atoms with E-state index in [0.29, 0.717) is 0 Å². The van der Waals surface area contributed by atoms with Crippen molar-refractivity contribution in [3.8, 4) is 0 Å². The number of amides is 1. The van der Waals surface area contributed by atoms with E-state index in [9.17, 15) is 14.4 Å². The fourth-order valence-electron chi connectivity index (χ4n) is 2.81. The fourth-order valence-corrected chi connectivity index (χ4v) is 2.81. The summed E-state index contributed by atoms with van der Waals surface area (Å²) >= 11 is 0. The van der Waals surface area contributed by atoms with Crippen LogP contribution in [0, 0.1) is 0 Å². The van der Waals surface area contributed by atoms with Crippen molar-refractivity contribution < 1.29 is 23.9 Å². The number of hydrogen-bond donors (Lipinski definition) is 1. The average Bonchev–Trinajstić information content (AvgIpc) is 3.40. The van der Waals surface area contributed by atoms with Crippen molar-refractivity contribution in [1.29, 1.82) is 0 Å². The first kappa shape index (κ1) is 15.8. The number of carbonyl (C=O) groups excluding carboxylic acids is 3. The van der Waals surface area contributed by atoms with Crippen LogP contribution in [0.2, 0.25) is 0 Å². The summed E-state index contributed by atoms with van der Waals surface area (Å²) in [4.78, 5) is 39.1. The van der Waals surface area contributed by atoms with Gasteiger partial charge in [-0.15, -0.1) is 0 Å². The van der Waals surface area contributed by atoms with E-state index in [-0.39, 0.29) is 42.5 Å². The van der Waals surface area contributed by atoms with Gasteiger partial charge in [-0.1, -0.05) is 0 Å². The second-order valence-electron chi connectivity index (χ2n) is 6.03. The van der Waals surface area contributed by atoms with Gasteiger partial charge in [0.15, 0.2) is 6.04 Å². The summed E-state index contributed by atoms with van der Waals surface area (Å²) in [6, 6.07) is -0.796. The summed E-state index contributed by atoms with van der Waals surface area (Å²) in [7, 11) is 0. The molecule has 0 bridgehead atoms. The van der Waals surface area contributed by atoms with E-state index in [4.69, 9.17) is 9.47 Å². The normalized spacial score (nSPS) is 24.0. The molecule has 0 saturated heterocycles. The zero-order valence-corrected chi connectivity index (χ0v) is 13.5. The Bertz CT molecular complexity index is 563. The van der Waals surface area contributed by atoms with Gasteiger partial charge in [0.25, 0.3) is 5.91 Å². The van der Waals surface area contributed by atoms with Crippen LogP contribution in [0.3, 0.4) is 0 Å². The summed E-state index contributed by atoms with van der Waals surface area (Å²) in [6.45, 7) is 3.78. The van der Waals surface area contributed by atoms with Crippen molar-refractivity contribution in [2.45, 2.75) is 57.7 Å². The Hall–Kier alpha value is -2.05. The average molecular weight is 322 g/mol. The third-order valence-corrected chi connectivity index (χ3v) is 4.14. The predicted octanol–water partition coefficient (Wildman–Crippen LogP) is 0.492. The number of esters is 2. The molecule has 126 valence electrons. The summed E-state index contributed by atoms with van der Waals surface area (Å²) in [5.74, 6) is -1.48. The second kappa shape index (κ2) is 6.22. The molecule has 2 aliphatic carbocycles. The highest BCUT2D eigenvalue weighted by Gasteiger charge is 2.53. The van der Waals surface area contributed by atoms with Crippen LogP contribution >= 0.6 is 0 Å². The van der Waals surface area contributed by atoms with E-state index in [1.807, 2.05) is 0 Å². The predicted molar refractivity (Wildman–Crippen MR) is 80.1 cm³/mol. The standard InChI is InChI=1S/C16H22N2O5/c1-3-22-15(20)11-12(17-9-5-6-9)14(19)18(10-7-8-10)13(11)16(21)23-4-2/h9-10,13,17H,3-8H2,1-2H3. The molecule has 0 aromatic carbocycles. The minimum Gasteiger partial charge on any atom is -0.464 e. The summed E-state index contributed by atoms with van der Waals surface area (Å²) in [5.41, 5.74) is 0.324. The van der Waals surface area contributed by atoms with Gasteiger partial charge in [0, 0.05) is 12.1 Å². The lowest BCUT2D eigenvalue weighted by Gasteiger charge is -2.24. The van der Waals surface area contributed by atoms with Gasteiger partial charge >= 0.3 is 11.9 Å². The maximum absolute atomic E-state index is 12.8. The molecular formula is C16H22N2O5. The van der Waals surface area contributed by atoms with Gasteiger partial charge in [-0.2, -0.15) is 0 Å². The van der Waals surface area contributed by atoms with Crippen molar-refractivity contribution in [3.05, 3.63) is 11.3 Å². The van der Waals surface area contributed by atoms with Crippen LogP contribution in [0.5, 0.6) is 0 Å². The maximum atomic E-state index is 12.8. The molecule has 2 fully saturated rings. The van der Waals surface area contributed by atoms with E-state index < -0.39 is 18.0 Å². The fraction of sp³-hybridized carbons (Fsp3) is 0.688. The Morgan fingerprint density at radius 3 is 2.30 bits per heavy atom. The van der Waals surface area contributed by atoms with Crippen molar-refractivity contribution in [3.63, 3.8) is 0 Å². The number of rotatable bonds is 7. The highest BCUT2D eigenvalue weighted by molar-refractivity contribution is 6.12. The monoisotopic (exact) mass is 322 g/mol. The van der Waals surface area contributed by atoms with Gasteiger partial charge in [0.2, 0.25) is 0 Å². The van der Waals surface area contributed by atoms with E-state index in [0.717, 1.165) is 25.7 Å². The molecule has 0 aromatic rings. The molecule has 0 aromatic heterocycles. The lowest BCUT2D eigenvalue weighted by molar-refractivity contribution is -0.153. The van der Waals surface area contributed by atoms with E-state index in [1.165, 1.54) is 4.90 Å². The van der Waals surface area contributed by atoms with E-state index >= 15 is 0 Å². The molecule has 1 heterocycles. The van der Waals surface area contributed by atoms with Crippen LogP contribution in [0.1, 0.15) is 39.5 Å². The van der Waals surface area contributed by atoms with Gasteiger partial charge in [0.1, 0.15) is 5.70 Å². The molecule has 1 atom stereocenters. The van der Waals surface area contributed by atoms with Crippen LogP contribution < -0.4 is 5.32 Å². The molecule has 3 aliphatic rings. The molecule has 1 N–H and O–H groups in total. The SMILES string of the molecule is CCOC(=O)C1=C(NC2CC2)C(=O)N(C2CC2)C1C(=O)OCC. The first-order valence-corrected chi connectivity index (χ1v) is 8.25. The highest BCUT2D eigenvalue weighted by Crippen LogP contribution is 2.38. The van der Waals surface area contributed by atoms with E-state index in [2.05, 4.69) is 5.32 Å². The third-order valence-electron chi connectivity index (χ3n) is 4.14. The van der Waals surface area contributed by atoms with Crippen molar-refractivity contribution >= 4 is 17.8 Å². The number of nitrogens with zero attached hydrogens (tertiary/aromatic N) is 1. The summed E-state index contributed by atoms with van der Waals surface area (Å²) in [6.07, 6.45) is 3.60. The molecule has 23 heavy (non-hydrogen) atoms. The Kier molecular flexibility index (Phi) is 4.28. The summed E-state index contributed by atoms with van der Waals surface area (Å²) in [5, 5.41) is 3.11. The molecular weight excluding hydrogens is 300 g/mol. The van der Waals surface area contributed by atoms with Crippen molar-refractivity contribution in [2.75, 3.05) is 13.2 Å². The molecule has 7 heteroatoms. The molecule has 1 aliphatic heterocycles. The zero-order valence-electron chi connectivity index (χ0n) is 13.5. The van der Waals surface area contributed by atoms with Gasteiger partial charge < -0.3 is 19.7 Å². The molecule has 1 unspecified atom stereocenters. The van der Waals surface area contributed by atoms with Crippen LogP contribution in [0.4, 0.5) is 0 Å². The number of hydrogen-bond acceptors (Lipinski definition) is 6. The van der Waals surface area contributed by atoms with E-state index in [1.54, 1.807) is 13.8 Å². The highest BCUT2D eigenvalue weighted by atomic mass is 16.5. The molecule has 2 saturated carbocycles. The maximum Gasteiger partial charge on any atom is 0.339 e. The Morgan fingerprint density at radius 2 is 1.78 bits per heavy atom. The number of nitrogens with one attached hydrogen (secondary N) is 1. The molecule has 3 rings (SSSR count). The van der Waals surface area contributed by atoms with Gasteiger partial charge in [-0.05, 0) is 39.5 Å². The number of carbonyl (C=O) groups is 3. The molecule has 7 nitrogen and oxygen atoms in total. The topological polar surface area (TPSA) is 84.9 Å². The van der Waals surface area contributed by atoms with Crippen LogP contribution in [-0.2, 0) is 23.9 Å². The van der Waals surface area contributed by atoms with Crippen LogP contribution in [-0.4, -0.2) is 54.1 Å².